The highest BCUT2D eigenvalue weighted by Crippen LogP contribution is 2.22. The van der Waals surface area contributed by atoms with Crippen LogP contribution in [-0.2, 0) is 0 Å². The van der Waals surface area contributed by atoms with Crippen molar-refractivity contribution in [2.45, 2.75) is 0 Å². The Hall–Kier alpha value is -4.88. The Kier molecular flexibility index (Phi) is 6.10. The van der Waals surface area contributed by atoms with Crippen LogP contribution in [0.2, 0.25) is 0 Å². The molecule has 6 aromatic rings. The first kappa shape index (κ1) is 22.6. The van der Waals surface area contributed by atoms with Crippen molar-refractivity contribution in [2.24, 2.45) is 0 Å². The van der Waals surface area contributed by atoms with Gasteiger partial charge in [-0.05, 0) is 22.5 Å². The van der Waals surface area contributed by atoms with Gasteiger partial charge in [0.05, 0.1) is 10.6 Å². The maximum absolute atomic E-state index is 5.04. The van der Waals surface area contributed by atoms with Crippen LogP contribution < -0.4 is 21.0 Å². The topological polar surface area (TPSA) is 77.3 Å². The molecule has 2 aromatic carbocycles. The minimum Gasteiger partial charge on any atom is -0.264 e. The molecule has 0 amide bonds. The van der Waals surface area contributed by atoms with E-state index in [0.717, 1.165) is 43.3 Å². The lowest BCUT2D eigenvalue weighted by Crippen LogP contribution is -2.77. The fourth-order valence-corrected chi connectivity index (χ4v) is 9.69. The predicted octanol–water partition coefficient (Wildman–Crippen LogP) is 2.77. The second-order valence-corrected chi connectivity index (χ2v) is 12.1. The standard InChI is InChI=1S/C30H22N6Si/c1-3-11-25(12-4-1)37(26-13-5-2-6-14-26,29-27(19-33-21-35-29)23-9-7-15-31-17-23)30-28(20-34-22-36-30)24-10-8-16-32-18-24/h1-22H. The first-order valence-corrected chi connectivity index (χ1v) is 13.9. The van der Waals surface area contributed by atoms with Gasteiger partial charge in [-0.2, -0.15) is 0 Å². The van der Waals surface area contributed by atoms with Crippen molar-refractivity contribution in [3.63, 3.8) is 0 Å². The molecule has 0 bridgehead atoms. The Balaban J connectivity index is 1.80. The van der Waals surface area contributed by atoms with Gasteiger partial charge >= 0.3 is 0 Å². The Bertz CT molecular complexity index is 1490. The second kappa shape index (κ2) is 10.0. The number of pyridine rings is 2. The lowest BCUT2D eigenvalue weighted by Gasteiger charge is -2.34. The van der Waals surface area contributed by atoms with Gasteiger partial charge in [0, 0.05) is 59.4 Å². The van der Waals surface area contributed by atoms with Crippen LogP contribution in [0, 0.1) is 0 Å². The zero-order valence-corrected chi connectivity index (χ0v) is 20.9. The summed E-state index contributed by atoms with van der Waals surface area (Å²) in [4.78, 5) is 27.7. The van der Waals surface area contributed by atoms with Crippen molar-refractivity contribution in [3.8, 4) is 22.3 Å². The van der Waals surface area contributed by atoms with Crippen molar-refractivity contribution in [2.75, 3.05) is 0 Å². The van der Waals surface area contributed by atoms with Crippen molar-refractivity contribution in [3.05, 3.63) is 135 Å². The predicted molar refractivity (Wildman–Crippen MR) is 148 cm³/mol. The van der Waals surface area contributed by atoms with Crippen LogP contribution in [0.4, 0.5) is 0 Å². The van der Waals surface area contributed by atoms with Gasteiger partial charge in [0.25, 0.3) is 0 Å². The molecule has 0 aliphatic carbocycles. The van der Waals surface area contributed by atoms with Crippen LogP contribution in [0.5, 0.6) is 0 Å². The summed E-state index contributed by atoms with van der Waals surface area (Å²) in [5.74, 6) is 0. The number of nitrogens with zero attached hydrogens (tertiary/aromatic N) is 6. The SMILES string of the molecule is c1ccc([Si](c2ccccc2)(c2ncncc2-c2cccnc2)c2ncncc2-c2cccnc2)cc1. The largest absolute Gasteiger partial charge is 0.264 e. The number of hydrogen-bond donors (Lipinski definition) is 0. The molecule has 0 fully saturated rings. The van der Waals surface area contributed by atoms with Crippen LogP contribution in [0.3, 0.4) is 0 Å². The van der Waals surface area contributed by atoms with Gasteiger partial charge < -0.3 is 0 Å². The molecule has 0 unspecified atom stereocenters. The van der Waals surface area contributed by atoms with Gasteiger partial charge in [-0.3, -0.25) is 9.97 Å². The quantitative estimate of drug-likeness (QED) is 0.332. The van der Waals surface area contributed by atoms with E-state index in [4.69, 9.17) is 9.97 Å². The summed E-state index contributed by atoms with van der Waals surface area (Å²) in [5.41, 5.74) is 3.79. The first-order valence-electron chi connectivity index (χ1n) is 11.9. The molecule has 0 aliphatic heterocycles. The van der Waals surface area contributed by atoms with Crippen LogP contribution >= 0.6 is 0 Å². The Labute approximate surface area is 215 Å². The third kappa shape index (κ3) is 4.01. The third-order valence-corrected chi connectivity index (χ3v) is 11.1. The average molecular weight is 495 g/mol. The lowest BCUT2D eigenvalue weighted by molar-refractivity contribution is 1.18. The van der Waals surface area contributed by atoms with Crippen molar-refractivity contribution in [1.82, 2.24) is 29.9 Å². The van der Waals surface area contributed by atoms with Crippen LogP contribution in [0.1, 0.15) is 0 Å². The molecule has 7 heteroatoms. The molecule has 0 aliphatic rings. The minimum atomic E-state index is -3.11. The van der Waals surface area contributed by atoms with Gasteiger partial charge in [0.15, 0.2) is 0 Å². The van der Waals surface area contributed by atoms with E-state index in [1.54, 1.807) is 25.0 Å². The summed E-state index contributed by atoms with van der Waals surface area (Å²) in [7, 11) is -3.11. The zero-order valence-electron chi connectivity index (χ0n) is 19.9. The van der Waals surface area contributed by atoms with E-state index >= 15 is 0 Å². The number of benzene rings is 2. The van der Waals surface area contributed by atoms with Gasteiger partial charge in [-0.25, -0.2) is 19.9 Å². The van der Waals surface area contributed by atoms with Crippen molar-refractivity contribution >= 4 is 29.1 Å². The maximum Gasteiger partial charge on any atom is 0.225 e. The highest BCUT2D eigenvalue weighted by Gasteiger charge is 2.47. The normalized spacial score (nSPS) is 11.2. The van der Waals surface area contributed by atoms with E-state index < -0.39 is 8.07 Å². The molecule has 0 saturated carbocycles. The third-order valence-electron chi connectivity index (χ3n) is 6.49. The monoisotopic (exact) mass is 494 g/mol. The smallest absolute Gasteiger partial charge is 0.225 e. The Morgan fingerprint density at radius 1 is 0.432 bits per heavy atom. The molecule has 37 heavy (non-hydrogen) atoms. The summed E-state index contributed by atoms with van der Waals surface area (Å²) in [6.07, 6.45) is 14.3. The lowest BCUT2D eigenvalue weighted by atomic mass is 10.1. The van der Waals surface area contributed by atoms with Gasteiger partial charge in [0.1, 0.15) is 12.7 Å². The van der Waals surface area contributed by atoms with Crippen LogP contribution in [-0.4, -0.2) is 38.0 Å². The summed E-state index contributed by atoms with van der Waals surface area (Å²) in [6, 6.07) is 29.1. The Morgan fingerprint density at radius 3 is 1.30 bits per heavy atom. The molecule has 0 spiro atoms. The molecule has 0 radical (unpaired) electrons. The molecule has 0 atom stereocenters. The number of rotatable bonds is 6. The van der Waals surface area contributed by atoms with Crippen molar-refractivity contribution in [1.29, 1.82) is 0 Å². The van der Waals surface area contributed by atoms with Gasteiger partial charge in [0.2, 0.25) is 8.07 Å². The van der Waals surface area contributed by atoms with E-state index in [0.29, 0.717) is 0 Å². The fraction of sp³-hybridized carbons (Fsp3) is 0. The van der Waals surface area contributed by atoms with E-state index in [1.807, 2.05) is 61.2 Å². The molecular weight excluding hydrogens is 472 g/mol. The van der Waals surface area contributed by atoms with Crippen molar-refractivity contribution < 1.29 is 0 Å². The van der Waals surface area contributed by atoms with Crippen LogP contribution in [0.25, 0.3) is 22.3 Å². The van der Waals surface area contributed by atoms with Crippen LogP contribution in [0.15, 0.2) is 135 Å². The second-order valence-electron chi connectivity index (χ2n) is 8.54. The molecule has 0 saturated heterocycles. The molecule has 4 heterocycles. The van der Waals surface area contributed by atoms with E-state index in [-0.39, 0.29) is 0 Å². The summed E-state index contributed by atoms with van der Waals surface area (Å²) >= 11 is 0. The maximum atomic E-state index is 5.04. The van der Waals surface area contributed by atoms with Gasteiger partial charge in [-0.15, -0.1) is 0 Å². The molecule has 4 aromatic heterocycles. The molecule has 176 valence electrons. The van der Waals surface area contributed by atoms with Gasteiger partial charge in [-0.1, -0.05) is 72.8 Å². The Morgan fingerprint density at radius 2 is 0.892 bits per heavy atom. The first-order chi connectivity index (χ1) is 18.4. The zero-order chi connectivity index (χ0) is 24.9. The van der Waals surface area contributed by atoms with E-state index in [2.05, 4.69) is 68.5 Å². The summed E-state index contributed by atoms with van der Waals surface area (Å²) < 4.78 is 0. The average Bonchev–Trinajstić information content (AvgIpc) is 3.00. The summed E-state index contributed by atoms with van der Waals surface area (Å²) in [5, 5.41) is 4.20. The fourth-order valence-electron chi connectivity index (χ4n) is 4.93. The molecule has 0 N–H and O–H groups in total. The molecule has 6 nitrogen and oxygen atoms in total. The number of hydrogen-bond acceptors (Lipinski definition) is 6. The minimum absolute atomic E-state index is 0.936. The summed E-state index contributed by atoms with van der Waals surface area (Å²) in [6.45, 7) is 0. The molecular formula is C30H22N6Si. The highest BCUT2D eigenvalue weighted by molar-refractivity contribution is 7.20. The molecule has 6 rings (SSSR count). The highest BCUT2D eigenvalue weighted by atomic mass is 28.3. The van der Waals surface area contributed by atoms with E-state index in [1.165, 1.54) is 0 Å². The number of aromatic nitrogens is 6. The van der Waals surface area contributed by atoms with E-state index in [9.17, 15) is 0 Å².